The van der Waals surface area contributed by atoms with Crippen molar-refractivity contribution in [1.29, 1.82) is 0 Å². The van der Waals surface area contributed by atoms with Crippen molar-refractivity contribution in [2.24, 2.45) is 0 Å². The summed E-state index contributed by atoms with van der Waals surface area (Å²) in [6.45, 7) is 5.77. The quantitative estimate of drug-likeness (QED) is 0.729. The Morgan fingerprint density at radius 3 is 2.74 bits per heavy atom. The summed E-state index contributed by atoms with van der Waals surface area (Å²) >= 11 is 6.60. The van der Waals surface area contributed by atoms with Crippen LogP contribution in [0, 0.1) is 0 Å². The maximum atomic E-state index is 12.6. The molecule has 1 N–H and O–H groups in total. The van der Waals surface area contributed by atoms with Gasteiger partial charge in [0.05, 0.1) is 4.88 Å². The minimum atomic E-state index is 0. The minimum Gasteiger partial charge on any atom is -0.332 e. The molecule has 1 saturated heterocycles. The van der Waals surface area contributed by atoms with E-state index in [1.54, 1.807) is 11.3 Å². The molecule has 2 atom stereocenters. The van der Waals surface area contributed by atoms with Crippen molar-refractivity contribution in [1.82, 2.24) is 15.2 Å². The van der Waals surface area contributed by atoms with Crippen LogP contribution < -0.4 is 5.32 Å². The van der Waals surface area contributed by atoms with Gasteiger partial charge in [0.2, 0.25) is 0 Å². The van der Waals surface area contributed by atoms with Crippen LogP contribution in [-0.4, -0.2) is 41.0 Å². The van der Waals surface area contributed by atoms with Crippen LogP contribution in [0.2, 0.25) is 0 Å². The number of carbonyl (C=O) groups excluding carboxylic acids is 1. The molecule has 2 unspecified atom stereocenters. The van der Waals surface area contributed by atoms with E-state index < -0.39 is 0 Å². The van der Waals surface area contributed by atoms with Gasteiger partial charge in [-0.15, -0.1) is 47.5 Å². The molecule has 2 aromatic heterocycles. The third kappa shape index (κ3) is 4.46. The SMILES string of the molecule is CC1NCCN(C(=O)c2csc(-c3cc(Br)cs3)n2)C1C.Cl.Cl. The highest BCUT2D eigenvalue weighted by atomic mass is 79.9. The second-order valence-corrected chi connectivity index (χ2v) is 7.83. The van der Waals surface area contributed by atoms with E-state index in [0.29, 0.717) is 11.7 Å². The second-order valence-electron chi connectivity index (χ2n) is 5.15. The zero-order valence-corrected chi connectivity index (χ0v) is 17.5. The van der Waals surface area contributed by atoms with Gasteiger partial charge < -0.3 is 10.2 Å². The molecule has 9 heteroatoms. The molecule has 1 aliphatic heterocycles. The molecule has 0 spiro atoms. The highest BCUT2D eigenvalue weighted by Gasteiger charge is 2.30. The number of thiazole rings is 1. The number of hydrogen-bond acceptors (Lipinski definition) is 5. The molecule has 0 bridgehead atoms. The van der Waals surface area contributed by atoms with E-state index in [4.69, 9.17) is 0 Å². The first-order valence-electron chi connectivity index (χ1n) is 6.80. The molecule has 0 aliphatic carbocycles. The van der Waals surface area contributed by atoms with Gasteiger partial charge in [0.1, 0.15) is 10.7 Å². The molecule has 128 valence electrons. The summed E-state index contributed by atoms with van der Waals surface area (Å²) in [6.07, 6.45) is 0. The molecular weight excluding hydrogens is 441 g/mol. The Kier molecular flexibility index (Phi) is 7.97. The molecule has 3 heterocycles. The fourth-order valence-electron chi connectivity index (χ4n) is 2.40. The van der Waals surface area contributed by atoms with Gasteiger partial charge in [0.15, 0.2) is 0 Å². The minimum absolute atomic E-state index is 0. The highest BCUT2D eigenvalue weighted by molar-refractivity contribution is 9.10. The number of nitrogens with one attached hydrogen (secondary N) is 1. The predicted octanol–water partition coefficient (Wildman–Crippen LogP) is 4.30. The van der Waals surface area contributed by atoms with Crippen LogP contribution in [-0.2, 0) is 0 Å². The Bertz CT molecular complexity index is 664. The first-order valence-corrected chi connectivity index (χ1v) is 9.36. The monoisotopic (exact) mass is 457 g/mol. The van der Waals surface area contributed by atoms with Gasteiger partial charge in [-0.3, -0.25) is 4.79 Å². The summed E-state index contributed by atoms with van der Waals surface area (Å²) in [7, 11) is 0. The molecular formula is C14H18BrCl2N3OS2. The maximum absolute atomic E-state index is 12.6. The molecule has 0 saturated carbocycles. The fraction of sp³-hybridized carbons (Fsp3) is 0.429. The normalized spacial score (nSPS) is 20.6. The van der Waals surface area contributed by atoms with Crippen molar-refractivity contribution < 1.29 is 4.79 Å². The van der Waals surface area contributed by atoms with Gasteiger partial charge >= 0.3 is 0 Å². The van der Waals surface area contributed by atoms with Crippen LogP contribution in [0.15, 0.2) is 21.3 Å². The van der Waals surface area contributed by atoms with E-state index in [1.165, 1.54) is 11.3 Å². The number of nitrogens with zero attached hydrogens (tertiary/aromatic N) is 2. The highest BCUT2D eigenvalue weighted by Crippen LogP contribution is 2.32. The number of halogens is 3. The van der Waals surface area contributed by atoms with Gasteiger partial charge in [-0.1, -0.05) is 0 Å². The lowest BCUT2D eigenvalue weighted by molar-refractivity contribution is 0.0598. The summed E-state index contributed by atoms with van der Waals surface area (Å²) in [6, 6.07) is 2.54. The first-order chi connectivity index (χ1) is 10.1. The van der Waals surface area contributed by atoms with Crippen molar-refractivity contribution in [3.05, 3.63) is 27.0 Å². The number of thiophene rings is 1. The Labute approximate surface area is 164 Å². The number of piperazine rings is 1. The smallest absolute Gasteiger partial charge is 0.273 e. The second kappa shape index (κ2) is 8.78. The van der Waals surface area contributed by atoms with Crippen LogP contribution in [0.1, 0.15) is 24.3 Å². The number of amides is 1. The fourth-order valence-corrected chi connectivity index (χ4v) is 4.70. The van der Waals surface area contributed by atoms with Crippen molar-refractivity contribution in [3.8, 4) is 9.88 Å². The third-order valence-corrected chi connectivity index (χ3v) is 6.50. The Morgan fingerprint density at radius 1 is 1.35 bits per heavy atom. The van der Waals surface area contributed by atoms with Gasteiger partial charge in [-0.25, -0.2) is 4.98 Å². The topological polar surface area (TPSA) is 45.2 Å². The standard InChI is InChI=1S/C14H16BrN3OS2.2ClH/c1-8-9(2)18(4-3-16-8)14(19)11-7-21-13(17-11)12-5-10(15)6-20-12;;/h5-9,16H,3-4H2,1-2H3;2*1H. The zero-order valence-electron chi connectivity index (χ0n) is 12.6. The van der Waals surface area contributed by atoms with Crippen molar-refractivity contribution in [3.63, 3.8) is 0 Å². The van der Waals surface area contributed by atoms with E-state index in [9.17, 15) is 4.79 Å². The Balaban J connectivity index is 0.00000132. The summed E-state index contributed by atoms with van der Waals surface area (Å²) in [5.74, 6) is 0.0361. The maximum Gasteiger partial charge on any atom is 0.273 e. The summed E-state index contributed by atoms with van der Waals surface area (Å²) in [4.78, 5) is 20.2. The van der Waals surface area contributed by atoms with Crippen LogP contribution in [0.4, 0.5) is 0 Å². The van der Waals surface area contributed by atoms with E-state index in [0.717, 1.165) is 27.4 Å². The van der Waals surface area contributed by atoms with Crippen LogP contribution >= 0.6 is 63.4 Å². The molecule has 0 radical (unpaired) electrons. The zero-order chi connectivity index (χ0) is 15.0. The van der Waals surface area contributed by atoms with E-state index in [1.807, 2.05) is 21.7 Å². The average molecular weight is 459 g/mol. The van der Waals surface area contributed by atoms with Crippen LogP contribution in [0.3, 0.4) is 0 Å². The lowest BCUT2D eigenvalue weighted by Gasteiger charge is -2.38. The predicted molar refractivity (Wildman–Crippen MR) is 106 cm³/mol. The molecule has 4 nitrogen and oxygen atoms in total. The first kappa shape index (κ1) is 20.9. The van der Waals surface area contributed by atoms with E-state index in [2.05, 4.69) is 40.1 Å². The summed E-state index contributed by atoms with van der Waals surface area (Å²) < 4.78 is 1.05. The summed E-state index contributed by atoms with van der Waals surface area (Å²) in [5.41, 5.74) is 0.556. The third-order valence-electron chi connectivity index (χ3n) is 3.80. The number of aromatic nitrogens is 1. The number of rotatable bonds is 2. The van der Waals surface area contributed by atoms with Gasteiger partial charge in [-0.2, -0.15) is 0 Å². The molecule has 1 amide bonds. The van der Waals surface area contributed by atoms with E-state index >= 15 is 0 Å². The van der Waals surface area contributed by atoms with Crippen molar-refractivity contribution in [2.45, 2.75) is 25.9 Å². The molecule has 2 aromatic rings. The number of hydrogen-bond donors (Lipinski definition) is 1. The molecule has 23 heavy (non-hydrogen) atoms. The van der Waals surface area contributed by atoms with Crippen molar-refractivity contribution >= 4 is 69.3 Å². The number of carbonyl (C=O) groups is 1. The van der Waals surface area contributed by atoms with Crippen LogP contribution in [0.25, 0.3) is 9.88 Å². The van der Waals surface area contributed by atoms with Crippen LogP contribution in [0.5, 0.6) is 0 Å². The van der Waals surface area contributed by atoms with E-state index in [-0.39, 0.29) is 36.8 Å². The molecule has 1 fully saturated rings. The van der Waals surface area contributed by atoms with Gasteiger partial charge in [-0.05, 0) is 35.8 Å². The largest absolute Gasteiger partial charge is 0.332 e. The van der Waals surface area contributed by atoms with Crippen molar-refractivity contribution in [2.75, 3.05) is 13.1 Å². The Morgan fingerprint density at radius 2 is 2.09 bits per heavy atom. The molecule has 3 rings (SSSR count). The Hall–Kier alpha value is -0.180. The average Bonchev–Trinajstić information content (AvgIpc) is 3.09. The molecule has 1 aliphatic rings. The van der Waals surface area contributed by atoms with Gasteiger partial charge in [0, 0.05) is 40.4 Å². The lowest BCUT2D eigenvalue weighted by atomic mass is 10.1. The molecule has 0 aromatic carbocycles. The summed E-state index contributed by atoms with van der Waals surface area (Å²) in [5, 5.41) is 8.19. The lowest BCUT2D eigenvalue weighted by Crippen LogP contribution is -2.57. The van der Waals surface area contributed by atoms with Gasteiger partial charge in [0.25, 0.3) is 5.91 Å².